The Hall–Kier alpha value is -3.16. The summed E-state index contributed by atoms with van der Waals surface area (Å²) >= 11 is 0. The van der Waals surface area contributed by atoms with Crippen LogP contribution in [0.2, 0.25) is 0 Å². The van der Waals surface area contributed by atoms with Crippen LogP contribution in [0.4, 0.5) is 8.78 Å². The topological polar surface area (TPSA) is 78.2 Å². The number of aromatic nitrogens is 2. The molecule has 1 saturated heterocycles. The van der Waals surface area contributed by atoms with Crippen molar-refractivity contribution in [1.82, 2.24) is 14.9 Å². The van der Waals surface area contributed by atoms with Crippen LogP contribution in [0.5, 0.6) is 5.75 Å². The zero-order valence-corrected chi connectivity index (χ0v) is 15.9. The van der Waals surface area contributed by atoms with Gasteiger partial charge in [-0.05, 0) is 30.2 Å². The van der Waals surface area contributed by atoms with Gasteiger partial charge in [-0.2, -0.15) is 0 Å². The summed E-state index contributed by atoms with van der Waals surface area (Å²) in [4.78, 5) is 32.4. The minimum Gasteiger partial charge on any atom is -0.497 e. The van der Waals surface area contributed by atoms with Crippen molar-refractivity contribution in [2.45, 2.75) is 18.3 Å². The number of piperidine rings is 1. The summed E-state index contributed by atoms with van der Waals surface area (Å²) in [6.45, 7) is 1.67. The summed E-state index contributed by atoms with van der Waals surface area (Å²) < 4.78 is 34.5. The van der Waals surface area contributed by atoms with Crippen LogP contribution in [0.15, 0.2) is 41.5 Å². The predicted octanol–water partition coefficient (Wildman–Crippen LogP) is 2.83. The Kier molecular flexibility index (Phi) is 3.51. The van der Waals surface area contributed by atoms with E-state index in [1.807, 2.05) is 6.92 Å². The number of nitrogens with zero attached hydrogens (tertiary/aromatic N) is 1. The highest BCUT2D eigenvalue weighted by atomic mass is 19.3. The highest BCUT2D eigenvalue weighted by molar-refractivity contribution is 6.07. The number of hydrogen-bond donors (Lipinski definition) is 2. The van der Waals surface area contributed by atoms with Crippen LogP contribution in [0.25, 0.3) is 10.9 Å². The second-order valence-electron chi connectivity index (χ2n) is 7.81. The molecule has 0 radical (unpaired) electrons. The molecule has 1 aliphatic carbocycles. The van der Waals surface area contributed by atoms with E-state index in [1.54, 1.807) is 30.5 Å². The van der Waals surface area contributed by atoms with Crippen molar-refractivity contribution >= 4 is 16.8 Å². The van der Waals surface area contributed by atoms with Gasteiger partial charge in [0.15, 0.2) is 0 Å². The maximum absolute atomic E-state index is 14.7. The second-order valence-corrected chi connectivity index (χ2v) is 7.81. The van der Waals surface area contributed by atoms with Gasteiger partial charge in [0.2, 0.25) is 0 Å². The number of methoxy groups -OCH3 is 1. The molecule has 8 heteroatoms. The first-order valence-corrected chi connectivity index (χ1v) is 9.32. The van der Waals surface area contributed by atoms with Crippen LogP contribution in [-0.2, 0) is 5.41 Å². The maximum Gasteiger partial charge on any atom is 0.265 e. The van der Waals surface area contributed by atoms with Crippen LogP contribution in [0.3, 0.4) is 0 Å². The maximum atomic E-state index is 14.7. The van der Waals surface area contributed by atoms with Crippen LogP contribution < -0.4 is 10.3 Å². The zero-order valence-electron chi connectivity index (χ0n) is 15.9. The van der Waals surface area contributed by atoms with E-state index in [1.165, 1.54) is 18.2 Å². The number of alkyl halides is 2. The first kappa shape index (κ1) is 17.9. The van der Waals surface area contributed by atoms with Crippen molar-refractivity contribution in [2.24, 2.45) is 5.92 Å². The lowest BCUT2D eigenvalue weighted by Crippen LogP contribution is -2.37. The van der Waals surface area contributed by atoms with Crippen molar-refractivity contribution in [3.8, 4) is 5.75 Å². The first-order valence-electron chi connectivity index (χ1n) is 9.32. The number of amides is 1. The summed E-state index contributed by atoms with van der Waals surface area (Å²) in [5, 5.41) is 0.265. The predicted molar refractivity (Wildman–Crippen MR) is 103 cm³/mol. The van der Waals surface area contributed by atoms with E-state index in [0.717, 1.165) is 5.56 Å². The molecule has 3 heterocycles. The van der Waals surface area contributed by atoms with Crippen molar-refractivity contribution in [1.29, 1.82) is 0 Å². The van der Waals surface area contributed by atoms with Gasteiger partial charge in [-0.15, -0.1) is 0 Å². The summed E-state index contributed by atoms with van der Waals surface area (Å²) in [5.74, 6) is -3.63. The summed E-state index contributed by atoms with van der Waals surface area (Å²) in [5.41, 5.74) is 0.315. The number of benzene rings is 1. The lowest BCUT2D eigenvalue weighted by atomic mass is 9.94. The normalized spacial score (nSPS) is 24.6. The molecule has 1 aliphatic heterocycles. The number of likely N-dealkylation sites (tertiary alicyclic amines) is 1. The fraction of sp³-hybridized carbons (Fsp3) is 0.333. The molecule has 2 fully saturated rings. The van der Waals surface area contributed by atoms with E-state index in [4.69, 9.17) is 4.74 Å². The Morgan fingerprint density at radius 3 is 2.62 bits per heavy atom. The third kappa shape index (κ3) is 2.19. The molecule has 5 rings (SSSR count). The Bertz CT molecular complexity index is 1200. The highest BCUT2D eigenvalue weighted by Crippen LogP contribution is 2.70. The standard InChI is InChI=1S/C21H19F2N3O3/c1-11-7-25-18(27)16-14(8-24-17(11)16)19(28)26-9-15-20(10-26,21(15,22)23)12-3-5-13(29-2)6-4-12/h3-8,15,24H,9-10H2,1-2H3,(H,25,27). The number of H-pyrrole nitrogens is 2. The minimum absolute atomic E-state index is 0.0474. The smallest absolute Gasteiger partial charge is 0.265 e. The van der Waals surface area contributed by atoms with Gasteiger partial charge in [-0.1, -0.05) is 12.1 Å². The average Bonchev–Trinajstić information content (AvgIpc) is 3.16. The van der Waals surface area contributed by atoms with Gasteiger partial charge >= 0.3 is 0 Å². The van der Waals surface area contributed by atoms with Gasteiger partial charge < -0.3 is 19.6 Å². The lowest BCUT2D eigenvalue weighted by molar-refractivity contribution is 0.0394. The van der Waals surface area contributed by atoms with Gasteiger partial charge in [-0.25, -0.2) is 8.78 Å². The molecule has 1 aromatic carbocycles. The van der Waals surface area contributed by atoms with Crippen LogP contribution >= 0.6 is 0 Å². The Labute approximate surface area is 164 Å². The molecule has 2 aromatic heterocycles. The van der Waals surface area contributed by atoms with E-state index in [9.17, 15) is 18.4 Å². The minimum atomic E-state index is -2.87. The monoisotopic (exact) mass is 399 g/mol. The molecule has 2 unspecified atom stereocenters. The molecular formula is C21H19F2N3O3. The molecule has 2 atom stereocenters. The number of aromatic amines is 2. The quantitative estimate of drug-likeness (QED) is 0.711. The van der Waals surface area contributed by atoms with Crippen molar-refractivity contribution in [3.05, 3.63) is 63.7 Å². The van der Waals surface area contributed by atoms with Crippen LogP contribution in [0, 0.1) is 12.8 Å². The SMILES string of the molecule is COc1ccc(C23CN(C(=O)c4c[nH]c5c(C)c[nH]c(=O)c45)CC2C3(F)F)cc1. The van der Waals surface area contributed by atoms with Crippen LogP contribution in [0.1, 0.15) is 21.5 Å². The zero-order chi connectivity index (χ0) is 20.6. The number of fused-ring (bicyclic) bond motifs is 2. The molecule has 3 aromatic rings. The Balaban J connectivity index is 1.50. The number of pyridine rings is 1. The molecule has 6 nitrogen and oxygen atoms in total. The number of hydrogen-bond acceptors (Lipinski definition) is 3. The summed E-state index contributed by atoms with van der Waals surface area (Å²) in [6, 6.07) is 6.59. The van der Waals surface area contributed by atoms with Crippen molar-refractivity contribution in [3.63, 3.8) is 0 Å². The third-order valence-electron chi connectivity index (χ3n) is 6.43. The van der Waals surface area contributed by atoms with Gasteiger partial charge in [0.05, 0.1) is 34.9 Å². The Morgan fingerprint density at radius 1 is 1.21 bits per heavy atom. The molecule has 150 valence electrons. The number of halogens is 2. The molecule has 1 saturated carbocycles. The molecular weight excluding hydrogens is 380 g/mol. The molecule has 1 amide bonds. The molecule has 0 bridgehead atoms. The Morgan fingerprint density at radius 2 is 1.93 bits per heavy atom. The number of ether oxygens (including phenoxy) is 1. The molecule has 29 heavy (non-hydrogen) atoms. The number of rotatable bonds is 3. The van der Waals surface area contributed by atoms with Gasteiger partial charge in [0, 0.05) is 25.5 Å². The van der Waals surface area contributed by atoms with Gasteiger partial charge in [0.25, 0.3) is 17.4 Å². The first-order chi connectivity index (χ1) is 13.8. The fourth-order valence-corrected chi connectivity index (χ4v) is 4.76. The fourth-order valence-electron chi connectivity index (χ4n) is 4.76. The molecule has 2 aliphatic rings. The van der Waals surface area contributed by atoms with Crippen LogP contribution in [-0.4, -0.2) is 46.9 Å². The highest BCUT2D eigenvalue weighted by Gasteiger charge is 2.84. The van der Waals surface area contributed by atoms with E-state index in [-0.39, 0.29) is 29.6 Å². The number of nitrogens with one attached hydrogen (secondary N) is 2. The van der Waals surface area contributed by atoms with E-state index >= 15 is 0 Å². The van der Waals surface area contributed by atoms with E-state index < -0.39 is 23.2 Å². The largest absolute Gasteiger partial charge is 0.497 e. The van der Waals surface area contributed by atoms with Gasteiger partial charge in [-0.3, -0.25) is 9.59 Å². The van der Waals surface area contributed by atoms with E-state index in [2.05, 4.69) is 9.97 Å². The van der Waals surface area contributed by atoms with Gasteiger partial charge in [0.1, 0.15) is 5.75 Å². The third-order valence-corrected chi connectivity index (χ3v) is 6.43. The van der Waals surface area contributed by atoms with E-state index in [0.29, 0.717) is 16.8 Å². The molecule has 2 N–H and O–H groups in total. The van der Waals surface area contributed by atoms with Crippen molar-refractivity contribution < 1.29 is 18.3 Å². The molecule has 0 spiro atoms. The second kappa shape index (κ2) is 5.68. The van der Waals surface area contributed by atoms with Crippen molar-refractivity contribution in [2.75, 3.05) is 20.2 Å². The average molecular weight is 399 g/mol. The number of carbonyl (C=O) groups excluding carboxylic acids is 1. The number of carbonyl (C=O) groups is 1. The summed E-state index contributed by atoms with van der Waals surface area (Å²) in [6.07, 6.45) is 3.05. The number of aryl methyl sites for hydroxylation is 1. The lowest BCUT2D eigenvalue weighted by Gasteiger charge is -2.24. The summed E-state index contributed by atoms with van der Waals surface area (Å²) in [7, 11) is 1.52.